The number of piperazine rings is 1. The number of carboxylic acid groups (broad SMARTS) is 1. The smallest absolute Gasteiger partial charge is 0.329 e. The van der Waals surface area contributed by atoms with Gasteiger partial charge in [0, 0.05) is 45.1 Å². The molecule has 0 spiro atoms. The van der Waals surface area contributed by atoms with Crippen LogP contribution in [-0.2, 0) is 20.9 Å². The first-order valence-electron chi connectivity index (χ1n) is 6.84. The number of pyridine rings is 1. The third-order valence-corrected chi connectivity index (χ3v) is 3.33. The van der Waals surface area contributed by atoms with Gasteiger partial charge in [-0.2, -0.15) is 0 Å². The summed E-state index contributed by atoms with van der Waals surface area (Å²) in [6, 6.07) is 3.97. The minimum Gasteiger partial charge on any atom is -0.480 e. The van der Waals surface area contributed by atoms with Gasteiger partial charge in [0.25, 0.3) is 0 Å². The Kier molecular flexibility index (Phi) is 5.65. The standard InChI is InChI=1S/C14H19N3O4/c18-13(10-21-11-14(19)20)17-7-5-16(6-8-17)9-12-1-3-15-4-2-12/h1-4H,5-11H2,(H,19,20). The molecule has 7 heteroatoms. The van der Waals surface area contributed by atoms with Gasteiger partial charge in [-0.3, -0.25) is 14.7 Å². The SMILES string of the molecule is O=C(O)COCC(=O)N1CCN(Cc2ccncc2)CC1. The summed E-state index contributed by atoms with van der Waals surface area (Å²) < 4.78 is 4.82. The van der Waals surface area contributed by atoms with Crippen molar-refractivity contribution in [1.29, 1.82) is 0 Å². The lowest BCUT2D eigenvalue weighted by Gasteiger charge is -2.34. The number of nitrogens with zero attached hydrogens (tertiary/aromatic N) is 3. The van der Waals surface area contributed by atoms with Crippen molar-refractivity contribution in [2.75, 3.05) is 39.4 Å². The summed E-state index contributed by atoms with van der Waals surface area (Å²) in [5.41, 5.74) is 1.20. The van der Waals surface area contributed by atoms with E-state index in [4.69, 9.17) is 9.84 Å². The third kappa shape index (κ3) is 5.13. The van der Waals surface area contributed by atoms with Crippen LogP contribution < -0.4 is 0 Å². The van der Waals surface area contributed by atoms with Gasteiger partial charge in [-0.05, 0) is 17.7 Å². The van der Waals surface area contributed by atoms with Gasteiger partial charge in [0.15, 0.2) is 0 Å². The fraction of sp³-hybridized carbons (Fsp3) is 0.500. The molecule has 0 aliphatic carbocycles. The van der Waals surface area contributed by atoms with Gasteiger partial charge in [-0.25, -0.2) is 4.79 Å². The monoisotopic (exact) mass is 293 g/mol. The van der Waals surface area contributed by atoms with E-state index in [0.29, 0.717) is 13.1 Å². The number of aromatic nitrogens is 1. The van der Waals surface area contributed by atoms with Crippen LogP contribution in [0.3, 0.4) is 0 Å². The van der Waals surface area contributed by atoms with Crippen LogP contribution >= 0.6 is 0 Å². The van der Waals surface area contributed by atoms with E-state index >= 15 is 0 Å². The summed E-state index contributed by atoms with van der Waals surface area (Å²) in [5.74, 6) is -1.22. The van der Waals surface area contributed by atoms with E-state index in [-0.39, 0.29) is 12.5 Å². The molecular formula is C14H19N3O4. The van der Waals surface area contributed by atoms with Crippen LogP contribution in [0.5, 0.6) is 0 Å². The number of hydrogen-bond donors (Lipinski definition) is 1. The molecule has 0 radical (unpaired) electrons. The van der Waals surface area contributed by atoms with Gasteiger partial charge in [-0.15, -0.1) is 0 Å². The van der Waals surface area contributed by atoms with Gasteiger partial charge in [-0.1, -0.05) is 0 Å². The summed E-state index contributed by atoms with van der Waals surface area (Å²) in [6.45, 7) is 3.12. The molecule has 1 saturated heterocycles. The Labute approximate surface area is 123 Å². The van der Waals surface area contributed by atoms with Gasteiger partial charge >= 0.3 is 5.97 Å². The summed E-state index contributed by atoms with van der Waals surface area (Å²) in [6.07, 6.45) is 3.55. The van der Waals surface area contributed by atoms with Crippen molar-refractivity contribution in [2.24, 2.45) is 0 Å². The van der Waals surface area contributed by atoms with E-state index in [9.17, 15) is 9.59 Å². The highest BCUT2D eigenvalue weighted by molar-refractivity contribution is 5.78. The van der Waals surface area contributed by atoms with E-state index in [1.807, 2.05) is 12.1 Å². The van der Waals surface area contributed by atoms with Crippen molar-refractivity contribution in [3.63, 3.8) is 0 Å². The lowest BCUT2D eigenvalue weighted by Crippen LogP contribution is -2.49. The number of amides is 1. The number of aliphatic carboxylic acids is 1. The first-order chi connectivity index (χ1) is 10.1. The highest BCUT2D eigenvalue weighted by Gasteiger charge is 2.21. The minimum atomic E-state index is -1.06. The number of carbonyl (C=O) groups is 2. The first kappa shape index (κ1) is 15.4. The Balaban J connectivity index is 1.70. The minimum absolute atomic E-state index is 0.153. The highest BCUT2D eigenvalue weighted by Crippen LogP contribution is 2.08. The van der Waals surface area contributed by atoms with Crippen LogP contribution in [0, 0.1) is 0 Å². The molecule has 2 heterocycles. The number of carboxylic acids is 1. The van der Waals surface area contributed by atoms with E-state index in [1.165, 1.54) is 5.56 Å². The normalized spacial score (nSPS) is 15.9. The molecule has 7 nitrogen and oxygen atoms in total. The lowest BCUT2D eigenvalue weighted by molar-refractivity contribution is -0.146. The van der Waals surface area contributed by atoms with Crippen LogP contribution in [0.15, 0.2) is 24.5 Å². The van der Waals surface area contributed by atoms with Gasteiger partial charge in [0.05, 0.1) is 0 Å². The molecule has 0 aromatic carbocycles. The van der Waals surface area contributed by atoms with Gasteiger partial charge in [0.1, 0.15) is 13.2 Å². The zero-order valence-electron chi connectivity index (χ0n) is 11.8. The molecule has 114 valence electrons. The van der Waals surface area contributed by atoms with Crippen molar-refractivity contribution in [3.05, 3.63) is 30.1 Å². The molecule has 1 fully saturated rings. The average molecular weight is 293 g/mol. The lowest BCUT2D eigenvalue weighted by atomic mass is 10.2. The Morgan fingerprint density at radius 3 is 2.43 bits per heavy atom. The predicted octanol–water partition coefficient (Wildman–Crippen LogP) is -0.173. The Bertz CT molecular complexity index is 472. The summed E-state index contributed by atoms with van der Waals surface area (Å²) >= 11 is 0. The maximum absolute atomic E-state index is 11.8. The van der Waals surface area contributed by atoms with E-state index in [1.54, 1.807) is 17.3 Å². The predicted molar refractivity (Wildman–Crippen MR) is 74.5 cm³/mol. The van der Waals surface area contributed by atoms with E-state index in [0.717, 1.165) is 19.6 Å². The largest absolute Gasteiger partial charge is 0.480 e. The summed E-state index contributed by atoms with van der Waals surface area (Å²) in [7, 11) is 0. The molecule has 1 aliphatic heterocycles. The molecule has 1 aromatic rings. The van der Waals surface area contributed by atoms with Crippen molar-refractivity contribution in [2.45, 2.75) is 6.54 Å². The van der Waals surface area contributed by atoms with Crippen LogP contribution in [0.1, 0.15) is 5.56 Å². The van der Waals surface area contributed by atoms with Crippen molar-refractivity contribution in [3.8, 4) is 0 Å². The topological polar surface area (TPSA) is 83.0 Å². The van der Waals surface area contributed by atoms with E-state index in [2.05, 4.69) is 9.88 Å². The fourth-order valence-corrected chi connectivity index (χ4v) is 2.22. The number of carbonyl (C=O) groups excluding carboxylic acids is 1. The molecule has 1 aromatic heterocycles. The number of ether oxygens (including phenoxy) is 1. The van der Waals surface area contributed by atoms with Crippen LogP contribution in [0.4, 0.5) is 0 Å². The Morgan fingerprint density at radius 1 is 1.14 bits per heavy atom. The van der Waals surface area contributed by atoms with Crippen LogP contribution in [0.2, 0.25) is 0 Å². The van der Waals surface area contributed by atoms with Crippen molar-refractivity contribution >= 4 is 11.9 Å². The second-order valence-electron chi connectivity index (χ2n) is 4.90. The summed E-state index contributed by atoms with van der Waals surface area (Å²) in [5, 5.41) is 8.45. The molecule has 1 aliphatic rings. The molecule has 0 atom stereocenters. The van der Waals surface area contributed by atoms with Gasteiger partial charge < -0.3 is 14.7 Å². The zero-order chi connectivity index (χ0) is 15.1. The quantitative estimate of drug-likeness (QED) is 0.784. The fourth-order valence-electron chi connectivity index (χ4n) is 2.22. The van der Waals surface area contributed by atoms with Crippen LogP contribution in [0.25, 0.3) is 0 Å². The highest BCUT2D eigenvalue weighted by atomic mass is 16.5. The first-order valence-corrected chi connectivity index (χ1v) is 6.84. The zero-order valence-corrected chi connectivity index (χ0v) is 11.8. The van der Waals surface area contributed by atoms with Crippen LogP contribution in [-0.4, -0.2) is 71.2 Å². The van der Waals surface area contributed by atoms with Gasteiger partial charge in [0.2, 0.25) is 5.91 Å². The second kappa shape index (κ2) is 7.70. The molecule has 0 saturated carbocycles. The maximum Gasteiger partial charge on any atom is 0.329 e. The average Bonchev–Trinajstić information content (AvgIpc) is 2.48. The molecular weight excluding hydrogens is 274 g/mol. The molecule has 1 amide bonds. The Hall–Kier alpha value is -1.99. The maximum atomic E-state index is 11.8. The third-order valence-electron chi connectivity index (χ3n) is 3.33. The molecule has 0 bridgehead atoms. The second-order valence-corrected chi connectivity index (χ2v) is 4.90. The summed E-state index contributed by atoms with van der Waals surface area (Å²) in [4.78, 5) is 30.1. The molecule has 21 heavy (non-hydrogen) atoms. The van der Waals surface area contributed by atoms with Crippen molar-refractivity contribution in [1.82, 2.24) is 14.8 Å². The number of hydrogen-bond acceptors (Lipinski definition) is 5. The molecule has 1 N–H and O–H groups in total. The molecule has 0 unspecified atom stereocenters. The molecule has 2 rings (SSSR count). The van der Waals surface area contributed by atoms with E-state index < -0.39 is 12.6 Å². The van der Waals surface area contributed by atoms with Crippen molar-refractivity contribution < 1.29 is 19.4 Å². The number of rotatable bonds is 6. The Morgan fingerprint density at radius 2 is 1.81 bits per heavy atom.